The summed E-state index contributed by atoms with van der Waals surface area (Å²) in [6.45, 7) is 11.1. The van der Waals surface area contributed by atoms with Gasteiger partial charge in [0.1, 0.15) is 0 Å². The molecule has 0 radical (unpaired) electrons. The van der Waals surface area contributed by atoms with E-state index in [9.17, 15) is 0 Å². The molecule has 0 amide bonds. The van der Waals surface area contributed by atoms with Gasteiger partial charge in [-0.3, -0.25) is 4.99 Å². The fraction of sp³-hybridized carbons (Fsp3) is 0.222. The van der Waals surface area contributed by atoms with E-state index < -0.39 is 0 Å². The molecule has 0 saturated heterocycles. The van der Waals surface area contributed by atoms with Gasteiger partial charge in [-0.05, 0) is 25.5 Å². The Morgan fingerprint density at radius 1 is 1.50 bits per heavy atom. The third-order valence-corrected chi connectivity index (χ3v) is 1.12. The van der Waals surface area contributed by atoms with Gasteiger partial charge in [0, 0.05) is 6.21 Å². The van der Waals surface area contributed by atoms with Gasteiger partial charge in [-0.15, -0.1) is 0 Å². The van der Waals surface area contributed by atoms with Crippen molar-refractivity contribution in [2.24, 2.45) is 4.99 Å². The van der Waals surface area contributed by atoms with Crippen LogP contribution in [-0.2, 0) is 0 Å². The van der Waals surface area contributed by atoms with E-state index in [2.05, 4.69) is 18.2 Å². The van der Waals surface area contributed by atoms with E-state index in [0.717, 1.165) is 5.57 Å². The van der Waals surface area contributed by atoms with Gasteiger partial charge >= 0.3 is 0 Å². The van der Waals surface area contributed by atoms with Gasteiger partial charge in [0.15, 0.2) is 0 Å². The zero-order chi connectivity index (χ0) is 7.98. The fourth-order valence-corrected chi connectivity index (χ4v) is 0.312. The van der Waals surface area contributed by atoms with Crippen LogP contribution in [0.1, 0.15) is 13.8 Å². The molecule has 0 aliphatic carbocycles. The summed E-state index contributed by atoms with van der Waals surface area (Å²) in [4.78, 5) is 4.01. The molecule has 0 fully saturated rings. The lowest BCUT2D eigenvalue weighted by molar-refractivity contribution is 1.43. The Morgan fingerprint density at radius 3 is 2.50 bits per heavy atom. The minimum atomic E-state index is 0.696. The molecule has 0 aliphatic rings. The lowest BCUT2D eigenvalue weighted by Crippen LogP contribution is -1.76. The second kappa shape index (κ2) is 4.74. The summed E-state index contributed by atoms with van der Waals surface area (Å²) in [6, 6.07) is 0. The summed E-state index contributed by atoms with van der Waals surface area (Å²) in [5.74, 6) is 0. The molecule has 54 valence electrons. The standard InChI is InChI=1S/C9H13N/c1-5-8(3)7-10-9(4)6-2/h5-7H,2,4H2,1,3H3/b8-5-,10-7?. The number of allylic oxidation sites excluding steroid dienone is 3. The molecule has 0 bridgehead atoms. The summed E-state index contributed by atoms with van der Waals surface area (Å²) in [7, 11) is 0. The molecule has 0 N–H and O–H groups in total. The van der Waals surface area contributed by atoms with Gasteiger partial charge in [0.2, 0.25) is 0 Å². The van der Waals surface area contributed by atoms with Crippen LogP contribution in [0.2, 0.25) is 0 Å². The zero-order valence-electron chi connectivity index (χ0n) is 6.59. The predicted octanol–water partition coefficient (Wildman–Crippen LogP) is 2.72. The van der Waals surface area contributed by atoms with Crippen LogP contribution in [-0.4, -0.2) is 6.21 Å². The molecular weight excluding hydrogens is 122 g/mol. The first-order valence-electron chi connectivity index (χ1n) is 3.19. The number of aliphatic imine (C=N–C) groups is 1. The van der Waals surface area contributed by atoms with Gasteiger partial charge < -0.3 is 0 Å². The Morgan fingerprint density at radius 2 is 2.10 bits per heavy atom. The van der Waals surface area contributed by atoms with Gasteiger partial charge in [-0.25, -0.2) is 0 Å². The van der Waals surface area contributed by atoms with Crippen molar-refractivity contribution in [1.29, 1.82) is 0 Å². The monoisotopic (exact) mass is 135 g/mol. The van der Waals surface area contributed by atoms with Crippen LogP contribution in [0.4, 0.5) is 0 Å². The summed E-state index contributed by atoms with van der Waals surface area (Å²) >= 11 is 0. The van der Waals surface area contributed by atoms with E-state index in [0.29, 0.717) is 5.70 Å². The summed E-state index contributed by atoms with van der Waals surface area (Å²) in [5.41, 5.74) is 1.82. The summed E-state index contributed by atoms with van der Waals surface area (Å²) in [6.07, 6.45) is 5.38. The highest BCUT2D eigenvalue weighted by molar-refractivity contribution is 5.78. The molecule has 0 atom stereocenters. The second-order valence-corrected chi connectivity index (χ2v) is 1.99. The first-order valence-corrected chi connectivity index (χ1v) is 3.19. The fourth-order valence-electron chi connectivity index (χ4n) is 0.312. The van der Waals surface area contributed by atoms with Crippen LogP contribution in [0.25, 0.3) is 0 Å². The molecule has 1 nitrogen and oxygen atoms in total. The molecule has 0 aromatic rings. The van der Waals surface area contributed by atoms with Crippen molar-refractivity contribution in [1.82, 2.24) is 0 Å². The van der Waals surface area contributed by atoms with Crippen molar-refractivity contribution >= 4 is 6.21 Å². The van der Waals surface area contributed by atoms with Gasteiger partial charge in [-0.1, -0.05) is 19.2 Å². The largest absolute Gasteiger partial charge is 0.257 e. The average molecular weight is 135 g/mol. The van der Waals surface area contributed by atoms with E-state index in [1.54, 1.807) is 12.3 Å². The first-order chi connectivity index (χ1) is 4.70. The average Bonchev–Trinajstić information content (AvgIpc) is 1.99. The van der Waals surface area contributed by atoms with Crippen LogP contribution in [0.3, 0.4) is 0 Å². The highest BCUT2D eigenvalue weighted by Gasteiger charge is 1.78. The minimum absolute atomic E-state index is 0.696. The highest BCUT2D eigenvalue weighted by atomic mass is 14.7. The molecule has 0 aliphatic heterocycles. The SMILES string of the molecule is C=CC(=C)N=C/C(C)=C\C. The molecule has 10 heavy (non-hydrogen) atoms. The smallest absolute Gasteiger partial charge is 0.0552 e. The van der Waals surface area contributed by atoms with E-state index in [1.165, 1.54) is 0 Å². The van der Waals surface area contributed by atoms with Crippen LogP contribution >= 0.6 is 0 Å². The summed E-state index contributed by atoms with van der Waals surface area (Å²) < 4.78 is 0. The minimum Gasteiger partial charge on any atom is -0.257 e. The Balaban J connectivity index is 4.00. The molecule has 1 heteroatoms. The predicted molar refractivity (Wildman–Crippen MR) is 47.3 cm³/mol. The number of hydrogen-bond donors (Lipinski definition) is 0. The molecule has 0 aromatic carbocycles. The van der Waals surface area contributed by atoms with Crippen LogP contribution < -0.4 is 0 Å². The van der Waals surface area contributed by atoms with E-state index in [4.69, 9.17) is 0 Å². The van der Waals surface area contributed by atoms with Crippen LogP contribution in [0, 0.1) is 0 Å². The van der Waals surface area contributed by atoms with Gasteiger partial charge in [0.25, 0.3) is 0 Å². The molecular formula is C9H13N. The molecule has 0 unspecified atom stereocenters. The highest BCUT2D eigenvalue weighted by Crippen LogP contribution is 1.93. The molecule has 0 spiro atoms. The van der Waals surface area contributed by atoms with E-state index in [1.807, 2.05) is 19.9 Å². The van der Waals surface area contributed by atoms with Gasteiger partial charge in [0.05, 0.1) is 5.70 Å². The second-order valence-electron chi connectivity index (χ2n) is 1.99. The van der Waals surface area contributed by atoms with Crippen molar-refractivity contribution in [2.75, 3.05) is 0 Å². The summed E-state index contributed by atoms with van der Waals surface area (Å²) in [5, 5.41) is 0. The Labute approximate surface area is 62.5 Å². The van der Waals surface area contributed by atoms with Crippen molar-refractivity contribution in [3.63, 3.8) is 0 Å². The van der Waals surface area contributed by atoms with E-state index in [-0.39, 0.29) is 0 Å². The third-order valence-electron chi connectivity index (χ3n) is 1.12. The number of rotatable bonds is 3. The van der Waals surface area contributed by atoms with Crippen molar-refractivity contribution in [3.05, 3.63) is 36.6 Å². The van der Waals surface area contributed by atoms with Crippen molar-refractivity contribution < 1.29 is 0 Å². The van der Waals surface area contributed by atoms with E-state index >= 15 is 0 Å². The maximum atomic E-state index is 4.01. The lowest BCUT2D eigenvalue weighted by Gasteiger charge is -1.88. The Kier molecular flexibility index (Phi) is 4.21. The molecule has 0 saturated carbocycles. The Hall–Kier alpha value is -1.11. The maximum absolute atomic E-state index is 4.01. The van der Waals surface area contributed by atoms with Crippen molar-refractivity contribution in [3.8, 4) is 0 Å². The molecule has 0 heterocycles. The molecule has 0 aromatic heterocycles. The van der Waals surface area contributed by atoms with Crippen molar-refractivity contribution in [2.45, 2.75) is 13.8 Å². The third kappa shape index (κ3) is 3.84. The van der Waals surface area contributed by atoms with Crippen LogP contribution in [0.15, 0.2) is 41.6 Å². The normalized spacial score (nSPS) is 12.0. The van der Waals surface area contributed by atoms with Gasteiger partial charge in [-0.2, -0.15) is 0 Å². The Bertz CT molecular complexity index is 181. The number of hydrogen-bond acceptors (Lipinski definition) is 1. The zero-order valence-corrected chi connectivity index (χ0v) is 6.59. The maximum Gasteiger partial charge on any atom is 0.0552 e. The topological polar surface area (TPSA) is 12.4 Å². The number of nitrogens with zero attached hydrogens (tertiary/aromatic N) is 1. The molecule has 0 rings (SSSR count). The van der Waals surface area contributed by atoms with Crippen LogP contribution in [0.5, 0.6) is 0 Å². The lowest BCUT2D eigenvalue weighted by atomic mass is 10.3. The quantitative estimate of drug-likeness (QED) is 0.417. The first kappa shape index (κ1) is 8.89.